The molecule has 0 radical (unpaired) electrons. The molecule has 3 aromatic rings. The monoisotopic (exact) mass is 402 g/mol. The fourth-order valence-electron chi connectivity index (χ4n) is 4.29. The Morgan fingerprint density at radius 2 is 1.87 bits per heavy atom. The zero-order valence-corrected chi connectivity index (χ0v) is 16.7. The SMILES string of the molecule is C=CC(=O)N1CCN(c2ccnc3c(F)c(-c4ccccc4C4CC4)ncc23)CC1. The average Bonchev–Trinajstić information content (AvgIpc) is 3.64. The minimum Gasteiger partial charge on any atom is -0.367 e. The first-order valence-corrected chi connectivity index (χ1v) is 10.4. The first-order valence-electron chi connectivity index (χ1n) is 10.4. The van der Waals surface area contributed by atoms with Gasteiger partial charge in [0.15, 0.2) is 5.82 Å². The van der Waals surface area contributed by atoms with Gasteiger partial charge in [0.25, 0.3) is 0 Å². The van der Waals surface area contributed by atoms with Crippen LogP contribution in [0.2, 0.25) is 0 Å². The van der Waals surface area contributed by atoms with Gasteiger partial charge in [0.1, 0.15) is 11.2 Å². The summed E-state index contributed by atoms with van der Waals surface area (Å²) < 4.78 is 15.6. The van der Waals surface area contributed by atoms with E-state index in [4.69, 9.17) is 0 Å². The molecule has 1 amide bonds. The molecule has 0 spiro atoms. The molecule has 0 N–H and O–H groups in total. The number of halogens is 1. The Morgan fingerprint density at radius 3 is 2.60 bits per heavy atom. The Hall–Kier alpha value is -3.28. The second-order valence-corrected chi connectivity index (χ2v) is 7.89. The van der Waals surface area contributed by atoms with E-state index in [9.17, 15) is 4.79 Å². The quantitative estimate of drug-likeness (QED) is 0.615. The lowest BCUT2D eigenvalue weighted by Gasteiger charge is -2.36. The van der Waals surface area contributed by atoms with Gasteiger partial charge in [0.05, 0.1) is 0 Å². The van der Waals surface area contributed by atoms with Crippen LogP contribution in [0.5, 0.6) is 0 Å². The lowest BCUT2D eigenvalue weighted by molar-refractivity contribution is -0.126. The summed E-state index contributed by atoms with van der Waals surface area (Å²) in [5.41, 5.74) is 3.65. The molecule has 0 bridgehead atoms. The molecule has 1 aromatic carbocycles. The Kier molecular flexibility index (Phi) is 4.69. The van der Waals surface area contributed by atoms with E-state index in [0.717, 1.165) is 24.1 Å². The Balaban J connectivity index is 1.51. The third-order valence-corrected chi connectivity index (χ3v) is 6.05. The standard InChI is InChI=1S/C24H23FN4O/c1-2-21(30)29-13-11-28(12-14-29)20-9-10-26-24-19(20)15-27-23(22(24)25)18-6-4-3-5-17(18)16-7-8-16/h2-6,9-10,15-16H,1,7-8,11-14H2. The number of anilines is 1. The fraction of sp³-hybridized carbons (Fsp3) is 0.292. The van der Waals surface area contributed by atoms with Gasteiger partial charge in [-0.15, -0.1) is 0 Å². The molecular weight excluding hydrogens is 379 g/mol. The predicted molar refractivity (Wildman–Crippen MR) is 116 cm³/mol. The zero-order chi connectivity index (χ0) is 20.7. The predicted octanol–water partition coefficient (Wildman–Crippen LogP) is 4.15. The maximum absolute atomic E-state index is 15.6. The Labute approximate surface area is 174 Å². The lowest BCUT2D eigenvalue weighted by Crippen LogP contribution is -2.48. The summed E-state index contributed by atoms with van der Waals surface area (Å²) in [6.07, 6.45) is 7.03. The van der Waals surface area contributed by atoms with Gasteiger partial charge in [-0.05, 0) is 36.5 Å². The molecule has 3 heterocycles. The van der Waals surface area contributed by atoms with Crippen molar-refractivity contribution in [3.63, 3.8) is 0 Å². The van der Waals surface area contributed by atoms with Crippen LogP contribution in [0.4, 0.5) is 10.1 Å². The first-order chi connectivity index (χ1) is 14.7. The van der Waals surface area contributed by atoms with Gasteiger partial charge in [0.2, 0.25) is 5.91 Å². The van der Waals surface area contributed by atoms with Gasteiger partial charge >= 0.3 is 0 Å². The largest absolute Gasteiger partial charge is 0.367 e. The highest BCUT2D eigenvalue weighted by Crippen LogP contribution is 2.44. The van der Waals surface area contributed by atoms with Crippen LogP contribution in [0.3, 0.4) is 0 Å². The van der Waals surface area contributed by atoms with Gasteiger partial charge in [-0.1, -0.05) is 30.8 Å². The van der Waals surface area contributed by atoms with Crippen LogP contribution in [-0.4, -0.2) is 47.0 Å². The summed E-state index contributed by atoms with van der Waals surface area (Å²) >= 11 is 0. The number of carbonyl (C=O) groups is 1. The van der Waals surface area contributed by atoms with Crippen LogP contribution < -0.4 is 4.90 Å². The average molecular weight is 402 g/mol. The van der Waals surface area contributed by atoms with E-state index in [2.05, 4.69) is 27.5 Å². The molecule has 1 saturated carbocycles. The summed E-state index contributed by atoms with van der Waals surface area (Å²) in [5.74, 6) is 0.0794. The number of rotatable bonds is 4. The summed E-state index contributed by atoms with van der Waals surface area (Å²) in [6, 6.07) is 9.85. The number of fused-ring (bicyclic) bond motifs is 1. The number of aromatic nitrogens is 2. The van der Waals surface area contributed by atoms with E-state index >= 15 is 4.39 Å². The molecule has 30 heavy (non-hydrogen) atoms. The lowest BCUT2D eigenvalue weighted by atomic mass is 9.99. The van der Waals surface area contributed by atoms with Crippen LogP contribution >= 0.6 is 0 Å². The first kappa shape index (κ1) is 18.7. The number of pyridine rings is 2. The molecule has 0 atom stereocenters. The van der Waals surface area contributed by atoms with Gasteiger partial charge in [-0.3, -0.25) is 14.8 Å². The summed E-state index contributed by atoms with van der Waals surface area (Å²) in [5, 5.41) is 0.700. The smallest absolute Gasteiger partial charge is 0.246 e. The number of benzene rings is 1. The van der Waals surface area contributed by atoms with E-state index in [-0.39, 0.29) is 11.7 Å². The van der Waals surface area contributed by atoms with E-state index in [0.29, 0.717) is 48.7 Å². The number of hydrogen-bond acceptors (Lipinski definition) is 4. The van der Waals surface area contributed by atoms with Crippen LogP contribution in [0.1, 0.15) is 24.3 Å². The summed E-state index contributed by atoms with van der Waals surface area (Å²) in [7, 11) is 0. The van der Waals surface area contributed by atoms with E-state index in [1.54, 1.807) is 17.3 Å². The van der Waals surface area contributed by atoms with Crippen LogP contribution in [0.15, 0.2) is 55.4 Å². The number of nitrogens with zero attached hydrogens (tertiary/aromatic N) is 4. The van der Waals surface area contributed by atoms with Crippen molar-refractivity contribution in [2.24, 2.45) is 0 Å². The molecule has 2 aromatic heterocycles. The fourth-order valence-corrected chi connectivity index (χ4v) is 4.29. The van der Waals surface area contributed by atoms with Crippen molar-refractivity contribution >= 4 is 22.5 Å². The normalized spacial score (nSPS) is 16.7. The van der Waals surface area contributed by atoms with Gasteiger partial charge < -0.3 is 9.80 Å². The number of carbonyl (C=O) groups excluding carboxylic acids is 1. The number of amides is 1. The zero-order valence-electron chi connectivity index (χ0n) is 16.7. The summed E-state index contributed by atoms with van der Waals surface area (Å²) in [6.45, 7) is 6.12. The molecule has 0 unspecified atom stereocenters. The molecule has 2 aliphatic rings. The van der Waals surface area contributed by atoms with Gasteiger partial charge in [-0.25, -0.2) is 4.39 Å². The highest BCUT2D eigenvalue weighted by Gasteiger charge is 2.28. The van der Waals surface area contributed by atoms with Gasteiger partial charge in [0, 0.05) is 55.2 Å². The highest BCUT2D eigenvalue weighted by molar-refractivity contribution is 5.94. The van der Waals surface area contributed by atoms with Crippen molar-refractivity contribution < 1.29 is 9.18 Å². The molecule has 5 rings (SSSR count). The second-order valence-electron chi connectivity index (χ2n) is 7.89. The molecule has 6 heteroatoms. The topological polar surface area (TPSA) is 49.3 Å². The minimum atomic E-state index is -0.372. The molecule has 5 nitrogen and oxygen atoms in total. The van der Waals surface area contributed by atoms with Crippen molar-refractivity contribution in [3.05, 3.63) is 66.8 Å². The minimum absolute atomic E-state index is 0.0547. The van der Waals surface area contributed by atoms with E-state index in [1.807, 2.05) is 24.3 Å². The van der Waals surface area contributed by atoms with Crippen molar-refractivity contribution in [2.45, 2.75) is 18.8 Å². The Morgan fingerprint density at radius 1 is 1.10 bits per heavy atom. The second kappa shape index (κ2) is 7.52. The third-order valence-electron chi connectivity index (χ3n) is 6.05. The van der Waals surface area contributed by atoms with Crippen LogP contribution in [0.25, 0.3) is 22.2 Å². The molecular formula is C24H23FN4O. The summed E-state index contributed by atoms with van der Waals surface area (Å²) in [4.78, 5) is 24.7. The van der Waals surface area contributed by atoms with E-state index < -0.39 is 0 Å². The molecule has 2 fully saturated rings. The van der Waals surface area contributed by atoms with Crippen molar-refractivity contribution in [2.75, 3.05) is 31.1 Å². The van der Waals surface area contributed by atoms with Crippen LogP contribution in [0, 0.1) is 5.82 Å². The third kappa shape index (κ3) is 3.22. The Bertz CT molecular complexity index is 1130. The molecule has 1 aliphatic carbocycles. The van der Waals surface area contributed by atoms with Crippen molar-refractivity contribution in [3.8, 4) is 11.3 Å². The van der Waals surface area contributed by atoms with Crippen molar-refractivity contribution in [1.82, 2.24) is 14.9 Å². The van der Waals surface area contributed by atoms with Crippen molar-refractivity contribution in [1.29, 1.82) is 0 Å². The molecule has 1 saturated heterocycles. The molecule has 1 aliphatic heterocycles. The van der Waals surface area contributed by atoms with E-state index in [1.165, 1.54) is 11.6 Å². The van der Waals surface area contributed by atoms with Crippen LogP contribution in [-0.2, 0) is 4.79 Å². The maximum atomic E-state index is 15.6. The number of piperazine rings is 1. The highest BCUT2D eigenvalue weighted by atomic mass is 19.1. The number of hydrogen-bond donors (Lipinski definition) is 0. The molecule has 152 valence electrons. The maximum Gasteiger partial charge on any atom is 0.246 e. The van der Waals surface area contributed by atoms with Gasteiger partial charge in [-0.2, -0.15) is 0 Å².